The molecule has 34 heavy (non-hydrogen) atoms. The SMILES string of the molecule is O=C(N/N=C\c1ccc(OC(=O)c2ccccc2)cc1)c1ccc(CSc2ccccc2)cc1. The van der Waals surface area contributed by atoms with E-state index in [1.54, 1.807) is 72.4 Å². The fourth-order valence-corrected chi connectivity index (χ4v) is 3.90. The van der Waals surface area contributed by atoms with Crippen LogP contribution in [0.4, 0.5) is 0 Å². The number of rotatable bonds is 8. The van der Waals surface area contributed by atoms with E-state index in [0.717, 1.165) is 16.9 Å². The number of nitrogens with one attached hydrogen (secondary N) is 1. The molecule has 4 rings (SSSR count). The molecule has 4 aromatic carbocycles. The Balaban J connectivity index is 1.25. The molecule has 6 heteroatoms. The average Bonchev–Trinajstić information content (AvgIpc) is 2.90. The van der Waals surface area contributed by atoms with Crippen LogP contribution in [-0.2, 0) is 5.75 Å². The van der Waals surface area contributed by atoms with E-state index < -0.39 is 5.97 Å². The van der Waals surface area contributed by atoms with E-state index in [1.165, 1.54) is 11.1 Å². The summed E-state index contributed by atoms with van der Waals surface area (Å²) in [6.45, 7) is 0. The number of hydrogen-bond donors (Lipinski definition) is 1. The number of nitrogens with zero attached hydrogens (tertiary/aromatic N) is 1. The van der Waals surface area contributed by atoms with Gasteiger partial charge in [0.25, 0.3) is 5.91 Å². The predicted molar refractivity (Wildman–Crippen MR) is 135 cm³/mol. The number of esters is 1. The molecule has 0 fully saturated rings. The summed E-state index contributed by atoms with van der Waals surface area (Å²) >= 11 is 1.75. The van der Waals surface area contributed by atoms with Crippen LogP contribution in [0.15, 0.2) is 119 Å². The third kappa shape index (κ3) is 6.67. The monoisotopic (exact) mass is 466 g/mol. The van der Waals surface area contributed by atoms with Crippen molar-refractivity contribution in [3.8, 4) is 5.75 Å². The van der Waals surface area contributed by atoms with Gasteiger partial charge in [-0.05, 0) is 71.8 Å². The molecule has 1 amide bonds. The number of amides is 1. The molecule has 5 nitrogen and oxygen atoms in total. The molecule has 0 spiro atoms. The second kappa shape index (κ2) is 11.6. The van der Waals surface area contributed by atoms with Crippen LogP contribution in [-0.4, -0.2) is 18.1 Å². The van der Waals surface area contributed by atoms with Crippen molar-refractivity contribution in [2.45, 2.75) is 10.6 Å². The number of thioether (sulfide) groups is 1. The third-order valence-corrected chi connectivity index (χ3v) is 5.93. The molecule has 0 heterocycles. The van der Waals surface area contributed by atoms with Gasteiger partial charge in [0.05, 0.1) is 11.8 Å². The van der Waals surface area contributed by atoms with E-state index in [0.29, 0.717) is 16.9 Å². The second-order valence-corrected chi connectivity index (χ2v) is 8.37. The Hall–Kier alpha value is -4.16. The van der Waals surface area contributed by atoms with Crippen LogP contribution in [0.2, 0.25) is 0 Å². The number of hydrazone groups is 1. The number of carbonyl (C=O) groups excluding carboxylic acids is 2. The van der Waals surface area contributed by atoms with Crippen molar-refractivity contribution in [2.24, 2.45) is 5.10 Å². The number of carbonyl (C=O) groups is 2. The first-order valence-corrected chi connectivity index (χ1v) is 11.6. The normalized spacial score (nSPS) is 10.7. The van der Waals surface area contributed by atoms with E-state index in [9.17, 15) is 9.59 Å². The molecule has 0 unspecified atom stereocenters. The van der Waals surface area contributed by atoms with Gasteiger partial charge in [-0.3, -0.25) is 4.79 Å². The smallest absolute Gasteiger partial charge is 0.343 e. The molecular weight excluding hydrogens is 444 g/mol. The molecule has 0 radical (unpaired) electrons. The highest BCUT2D eigenvalue weighted by atomic mass is 32.2. The summed E-state index contributed by atoms with van der Waals surface area (Å²) in [7, 11) is 0. The number of hydrogen-bond acceptors (Lipinski definition) is 5. The first-order chi connectivity index (χ1) is 16.7. The van der Waals surface area contributed by atoms with Crippen LogP contribution >= 0.6 is 11.8 Å². The number of benzene rings is 4. The third-order valence-electron chi connectivity index (χ3n) is 4.84. The first kappa shape index (κ1) is 23.0. The van der Waals surface area contributed by atoms with Gasteiger partial charge in [0.15, 0.2) is 0 Å². The first-order valence-electron chi connectivity index (χ1n) is 10.6. The summed E-state index contributed by atoms with van der Waals surface area (Å²) in [5, 5.41) is 4.02. The van der Waals surface area contributed by atoms with E-state index in [4.69, 9.17) is 4.74 Å². The molecule has 4 aromatic rings. The largest absolute Gasteiger partial charge is 0.423 e. The molecule has 0 aliphatic carbocycles. The highest BCUT2D eigenvalue weighted by Crippen LogP contribution is 2.22. The van der Waals surface area contributed by atoms with Crippen LogP contribution in [0.3, 0.4) is 0 Å². The van der Waals surface area contributed by atoms with Crippen LogP contribution < -0.4 is 10.2 Å². The van der Waals surface area contributed by atoms with Gasteiger partial charge in [-0.1, -0.05) is 48.5 Å². The maximum absolute atomic E-state index is 12.3. The van der Waals surface area contributed by atoms with Crippen molar-refractivity contribution >= 4 is 29.9 Å². The van der Waals surface area contributed by atoms with Gasteiger partial charge in [0, 0.05) is 16.2 Å². The highest BCUT2D eigenvalue weighted by Gasteiger charge is 2.07. The van der Waals surface area contributed by atoms with E-state index in [-0.39, 0.29) is 5.91 Å². The van der Waals surface area contributed by atoms with Crippen molar-refractivity contribution < 1.29 is 14.3 Å². The van der Waals surface area contributed by atoms with E-state index >= 15 is 0 Å². The van der Waals surface area contributed by atoms with Crippen LogP contribution in [0.5, 0.6) is 5.75 Å². The zero-order valence-electron chi connectivity index (χ0n) is 18.3. The van der Waals surface area contributed by atoms with Gasteiger partial charge in [0.2, 0.25) is 0 Å². The van der Waals surface area contributed by atoms with Crippen molar-refractivity contribution in [2.75, 3.05) is 0 Å². The van der Waals surface area contributed by atoms with Crippen LogP contribution in [0.25, 0.3) is 0 Å². The standard InChI is InChI=1S/C28H22N2O3S/c31-27(23-15-11-22(12-16-23)20-34-26-9-5-2-6-10-26)30-29-19-21-13-17-25(18-14-21)33-28(32)24-7-3-1-4-8-24/h1-19H,20H2,(H,30,31)/b29-19-. The Morgan fingerprint density at radius 3 is 2.09 bits per heavy atom. The lowest BCUT2D eigenvalue weighted by Gasteiger charge is -2.05. The molecule has 168 valence electrons. The number of ether oxygens (including phenoxy) is 1. The summed E-state index contributed by atoms with van der Waals surface area (Å²) in [6, 6.07) is 33.3. The Labute approximate surface area is 202 Å². The summed E-state index contributed by atoms with van der Waals surface area (Å²) in [4.78, 5) is 25.7. The lowest BCUT2D eigenvalue weighted by molar-refractivity contribution is 0.0734. The lowest BCUT2D eigenvalue weighted by Crippen LogP contribution is -2.17. The van der Waals surface area contributed by atoms with Crippen molar-refractivity contribution in [3.05, 3.63) is 131 Å². The minimum absolute atomic E-state index is 0.285. The average molecular weight is 467 g/mol. The quantitative estimate of drug-likeness (QED) is 0.114. The molecule has 0 aliphatic rings. The van der Waals surface area contributed by atoms with Crippen molar-refractivity contribution in [1.82, 2.24) is 5.43 Å². The fourth-order valence-electron chi connectivity index (χ4n) is 3.03. The molecule has 0 bridgehead atoms. The minimum atomic E-state index is -0.418. The zero-order chi connectivity index (χ0) is 23.6. The van der Waals surface area contributed by atoms with Crippen LogP contribution in [0, 0.1) is 0 Å². The van der Waals surface area contributed by atoms with Gasteiger partial charge in [-0.15, -0.1) is 11.8 Å². The van der Waals surface area contributed by atoms with Gasteiger partial charge >= 0.3 is 5.97 Å². The summed E-state index contributed by atoms with van der Waals surface area (Å²) in [5.74, 6) is 0.562. The maximum atomic E-state index is 12.3. The van der Waals surface area contributed by atoms with E-state index in [2.05, 4.69) is 22.7 Å². The molecular formula is C28H22N2O3S. The molecule has 1 N–H and O–H groups in total. The fraction of sp³-hybridized carbons (Fsp3) is 0.0357. The predicted octanol–water partition coefficient (Wildman–Crippen LogP) is 5.96. The maximum Gasteiger partial charge on any atom is 0.343 e. The zero-order valence-corrected chi connectivity index (χ0v) is 19.1. The summed E-state index contributed by atoms with van der Waals surface area (Å²) in [6.07, 6.45) is 1.53. The Kier molecular flexibility index (Phi) is 7.87. The molecule has 0 saturated heterocycles. The Morgan fingerprint density at radius 1 is 0.765 bits per heavy atom. The second-order valence-electron chi connectivity index (χ2n) is 7.32. The van der Waals surface area contributed by atoms with Gasteiger partial charge in [-0.25, -0.2) is 10.2 Å². The molecule has 0 aliphatic heterocycles. The summed E-state index contributed by atoms with van der Waals surface area (Å²) in [5.41, 5.74) is 5.45. The van der Waals surface area contributed by atoms with E-state index in [1.807, 2.05) is 36.4 Å². The lowest BCUT2D eigenvalue weighted by atomic mass is 10.1. The highest BCUT2D eigenvalue weighted by molar-refractivity contribution is 7.98. The van der Waals surface area contributed by atoms with Crippen LogP contribution in [0.1, 0.15) is 31.8 Å². The molecule has 0 atom stereocenters. The Bertz CT molecular complexity index is 1260. The van der Waals surface area contributed by atoms with Gasteiger partial charge < -0.3 is 4.74 Å². The topological polar surface area (TPSA) is 67.8 Å². The van der Waals surface area contributed by atoms with Gasteiger partial charge in [0.1, 0.15) is 5.75 Å². The van der Waals surface area contributed by atoms with Crippen molar-refractivity contribution in [1.29, 1.82) is 0 Å². The van der Waals surface area contributed by atoms with Crippen molar-refractivity contribution in [3.63, 3.8) is 0 Å². The Morgan fingerprint density at radius 2 is 1.41 bits per heavy atom. The van der Waals surface area contributed by atoms with Gasteiger partial charge in [-0.2, -0.15) is 5.10 Å². The minimum Gasteiger partial charge on any atom is -0.423 e. The molecule has 0 aromatic heterocycles. The summed E-state index contributed by atoms with van der Waals surface area (Å²) < 4.78 is 5.35. The molecule has 0 saturated carbocycles.